The van der Waals surface area contributed by atoms with Crippen LogP contribution in [0, 0.1) is 0 Å². The average Bonchev–Trinajstić information content (AvgIpc) is 2.81. The zero-order valence-corrected chi connectivity index (χ0v) is 8.87. The molecular formula is C8H11N5O4. The lowest BCUT2D eigenvalue weighted by Crippen LogP contribution is -2.49. The summed E-state index contributed by atoms with van der Waals surface area (Å²) in [6, 6.07) is -0.493. The Morgan fingerprint density at radius 2 is 2.41 bits per heavy atom. The minimum Gasteiger partial charge on any atom is -0.481 e. The van der Waals surface area contributed by atoms with Crippen molar-refractivity contribution in [2.45, 2.75) is 12.5 Å². The third-order valence-corrected chi connectivity index (χ3v) is 2.44. The van der Waals surface area contributed by atoms with Crippen molar-refractivity contribution in [1.29, 1.82) is 0 Å². The molecule has 1 aliphatic heterocycles. The molecule has 1 amide bonds. The van der Waals surface area contributed by atoms with Gasteiger partial charge in [0, 0.05) is 6.54 Å². The van der Waals surface area contributed by atoms with E-state index in [-0.39, 0.29) is 18.9 Å². The van der Waals surface area contributed by atoms with Crippen molar-refractivity contribution in [3.63, 3.8) is 0 Å². The van der Waals surface area contributed by atoms with E-state index in [0.717, 1.165) is 0 Å². The number of aliphatic carboxylic acids is 1. The Morgan fingerprint density at radius 1 is 1.59 bits per heavy atom. The van der Waals surface area contributed by atoms with E-state index in [1.807, 2.05) is 0 Å². The van der Waals surface area contributed by atoms with Crippen LogP contribution < -0.4 is 0 Å². The van der Waals surface area contributed by atoms with Gasteiger partial charge in [-0.3, -0.25) is 9.59 Å². The number of nitrogens with zero attached hydrogens (tertiary/aromatic N) is 4. The molecule has 17 heavy (non-hydrogen) atoms. The number of hydrogen-bond donors (Lipinski definition) is 2. The van der Waals surface area contributed by atoms with Crippen LogP contribution in [0.15, 0.2) is 0 Å². The Labute approximate surface area is 95.7 Å². The van der Waals surface area contributed by atoms with Gasteiger partial charge >= 0.3 is 5.97 Å². The van der Waals surface area contributed by atoms with Crippen molar-refractivity contribution in [2.24, 2.45) is 0 Å². The molecule has 1 unspecified atom stereocenters. The normalized spacial score (nSPS) is 20.2. The van der Waals surface area contributed by atoms with Gasteiger partial charge in [0.05, 0.1) is 25.7 Å². The number of hydrogen-bond acceptors (Lipinski definition) is 6. The lowest BCUT2D eigenvalue weighted by Gasteiger charge is -2.33. The summed E-state index contributed by atoms with van der Waals surface area (Å²) in [6.45, 7) is 0.904. The van der Waals surface area contributed by atoms with E-state index in [4.69, 9.17) is 9.84 Å². The first kappa shape index (κ1) is 11.5. The van der Waals surface area contributed by atoms with E-state index in [1.165, 1.54) is 4.90 Å². The molecule has 92 valence electrons. The first-order valence-corrected chi connectivity index (χ1v) is 5.02. The highest BCUT2D eigenvalue weighted by molar-refractivity contribution is 5.90. The van der Waals surface area contributed by atoms with Crippen molar-refractivity contribution in [3.05, 3.63) is 5.82 Å². The van der Waals surface area contributed by atoms with Gasteiger partial charge in [0.2, 0.25) is 0 Å². The number of carbonyl (C=O) groups excluding carboxylic acids is 1. The van der Waals surface area contributed by atoms with E-state index in [2.05, 4.69) is 20.6 Å². The van der Waals surface area contributed by atoms with Gasteiger partial charge in [-0.25, -0.2) is 0 Å². The SMILES string of the molecule is O=C(O)CC1COCCN1C(=O)c1nn[nH]n1. The van der Waals surface area contributed by atoms with Crippen LogP contribution in [-0.2, 0) is 9.53 Å². The smallest absolute Gasteiger partial charge is 0.305 e. The molecule has 2 N–H and O–H groups in total. The van der Waals surface area contributed by atoms with Crippen molar-refractivity contribution in [1.82, 2.24) is 25.5 Å². The Kier molecular flexibility index (Phi) is 3.28. The van der Waals surface area contributed by atoms with Crippen LogP contribution in [0.3, 0.4) is 0 Å². The molecule has 0 aromatic carbocycles. The van der Waals surface area contributed by atoms with Gasteiger partial charge < -0.3 is 14.7 Å². The van der Waals surface area contributed by atoms with Gasteiger partial charge in [-0.15, -0.1) is 10.2 Å². The minimum atomic E-state index is -0.980. The summed E-state index contributed by atoms with van der Waals surface area (Å²) in [5, 5.41) is 21.4. The number of ether oxygens (including phenoxy) is 1. The molecule has 9 nitrogen and oxygen atoms in total. The lowest BCUT2D eigenvalue weighted by molar-refractivity contribution is -0.139. The summed E-state index contributed by atoms with van der Waals surface area (Å²) in [7, 11) is 0. The first-order chi connectivity index (χ1) is 8.18. The quantitative estimate of drug-likeness (QED) is 0.661. The molecule has 9 heteroatoms. The second kappa shape index (κ2) is 4.87. The molecule has 2 heterocycles. The molecule has 1 aliphatic rings. The van der Waals surface area contributed by atoms with Crippen LogP contribution in [0.25, 0.3) is 0 Å². The summed E-state index contributed by atoms with van der Waals surface area (Å²) in [5.41, 5.74) is 0. The summed E-state index contributed by atoms with van der Waals surface area (Å²) >= 11 is 0. The number of rotatable bonds is 3. The number of tetrazole rings is 1. The summed E-state index contributed by atoms with van der Waals surface area (Å²) < 4.78 is 5.16. The van der Waals surface area contributed by atoms with Gasteiger partial charge in [0.15, 0.2) is 0 Å². The van der Waals surface area contributed by atoms with E-state index in [0.29, 0.717) is 13.2 Å². The van der Waals surface area contributed by atoms with Crippen LogP contribution in [-0.4, -0.2) is 68.3 Å². The number of carboxylic acid groups (broad SMARTS) is 1. The van der Waals surface area contributed by atoms with E-state index in [1.54, 1.807) is 0 Å². The van der Waals surface area contributed by atoms with Crippen molar-refractivity contribution in [3.8, 4) is 0 Å². The fraction of sp³-hybridized carbons (Fsp3) is 0.625. The molecule has 0 radical (unpaired) electrons. The lowest BCUT2D eigenvalue weighted by atomic mass is 10.1. The first-order valence-electron chi connectivity index (χ1n) is 5.02. The molecule has 1 fully saturated rings. The fourth-order valence-electron chi connectivity index (χ4n) is 1.67. The zero-order valence-electron chi connectivity index (χ0n) is 8.87. The Morgan fingerprint density at radius 3 is 3.06 bits per heavy atom. The maximum Gasteiger partial charge on any atom is 0.305 e. The topological polar surface area (TPSA) is 121 Å². The average molecular weight is 241 g/mol. The van der Waals surface area contributed by atoms with Gasteiger partial charge in [-0.1, -0.05) is 0 Å². The van der Waals surface area contributed by atoms with Crippen LogP contribution in [0.1, 0.15) is 17.0 Å². The second-order valence-corrected chi connectivity index (χ2v) is 3.56. The monoisotopic (exact) mass is 241 g/mol. The van der Waals surface area contributed by atoms with Gasteiger partial charge in [0.1, 0.15) is 0 Å². The Balaban J connectivity index is 2.10. The van der Waals surface area contributed by atoms with Crippen molar-refractivity contribution in [2.75, 3.05) is 19.8 Å². The highest BCUT2D eigenvalue weighted by Gasteiger charge is 2.31. The van der Waals surface area contributed by atoms with Crippen LogP contribution in [0.5, 0.6) is 0 Å². The number of amides is 1. The Hall–Kier alpha value is -2.03. The number of carbonyl (C=O) groups is 2. The number of aromatic nitrogens is 4. The predicted octanol–water partition coefficient (Wildman–Crippen LogP) is -1.48. The molecule has 0 aliphatic carbocycles. The molecule has 1 aromatic heterocycles. The van der Waals surface area contributed by atoms with Crippen molar-refractivity contribution < 1.29 is 19.4 Å². The van der Waals surface area contributed by atoms with Crippen molar-refractivity contribution >= 4 is 11.9 Å². The van der Waals surface area contributed by atoms with Gasteiger partial charge in [-0.2, -0.15) is 5.21 Å². The summed E-state index contributed by atoms with van der Waals surface area (Å²) in [4.78, 5) is 24.0. The van der Waals surface area contributed by atoms with E-state index >= 15 is 0 Å². The minimum absolute atomic E-state index is 0.0673. The Bertz CT molecular complexity index is 406. The fourth-order valence-corrected chi connectivity index (χ4v) is 1.67. The predicted molar refractivity (Wildman–Crippen MR) is 52.1 cm³/mol. The largest absolute Gasteiger partial charge is 0.481 e. The highest BCUT2D eigenvalue weighted by Crippen LogP contribution is 2.12. The molecule has 0 saturated carbocycles. The van der Waals surface area contributed by atoms with Crippen LogP contribution >= 0.6 is 0 Å². The molecule has 1 saturated heterocycles. The second-order valence-electron chi connectivity index (χ2n) is 3.56. The number of carboxylic acids is 1. The van der Waals surface area contributed by atoms with Crippen LogP contribution in [0.2, 0.25) is 0 Å². The number of morpholine rings is 1. The molecule has 0 bridgehead atoms. The molecule has 2 rings (SSSR count). The molecular weight excluding hydrogens is 230 g/mol. The summed E-state index contributed by atoms with van der Waals surface area (Å²) in [6.07, 6.45) is -0.163. The summed E-state index contributed by atoms with van der Waals surface area (Å²) in [5.74, 6) is -1.48. The number of nitrogens with one attached hydrogen (secondary N) is 1. The zero-order chi connectivity index (χ0) is 12.3. The van der Waals surface area contributed by atoms with E-state index in [9.17, 15) is 9.59 Å². The maximum absolute atomic E-state index is 11.9. The standard InChI is InChI=1S/C8H11N5O4/c14-6(15)3-5-4-17-2-1-13(5)8(16)7-9-11-12-10-7/h5H,1-4H2,(H,14,15)(H,9,10,11,12). The van der Waals surface area contributed by atoms with E-state index < -0.39 is 17.9 Å². The maximum atomic E-state index is 11.9. The number of aromatic amines is 1. The molecule has 1 atom stereocenters. The van der Waals surface area contributed by atoms with Crippen LogP contribution in [0.4, 0.5) is 0 Å². The third-order valence-electron chi connectivity index (χ3n) is 2.44. The number of H-pyrrole nitrogens is 1. The molecule has 1 aromatic rings. The highest BCUT2D eigenvalue weighted by atomic mass is 16.5. The van der Waals surface area contributed by atoms with Gasteiger partial charge in [0.25, 0.3) is 11.7 Å². The van der Waals surface area contributed by atoms with Gasteiger partial charge in [-0.05, 0) is 5.21 Å². The molecule has 0 spiro atoms. The third kappa shape index (κ3) is 2.56.